The summed E-state index contributed by atoms with van der Waals surface area (Å²) < 4.78 is 13.7. The number of halogens is 2. The molecule has 17 heavy (non-hydrogen) atoms. The Kier molecular flexibility index (Phi) is 3.18. The molecular weight excluding hydrogens is 303 g/mol. The van der Waals surface area contributed by atoms with Crippen LogP contribution >= 0.6 is 27.3 Å². The quantitative estimate of drug-likeness (QED) is 0.862. The van der Waals surface area contributed by atoms with Crippen LogP contribution < -0.4 is 5.73 Å². The maximum atomic E-state index is 13.0. The maximum absolute atomic E-state index is 13.0. The van der Waals surface area contributed by atoms with Crippen molar-refractivity contribution in [1.29, 1.82) is 5.26 Å². The lowest BCUT2D eigenvalue weighted by molar-refractivity contribution is 0.627. The summed E-state index contributed by atoms with van der Waals surface area (Å²) in [5.41, 5.74) is 8.46. The van der Waals surface area contributed by atoms with Crippen LogP contribution in [0.25, 0.3) is 10.4 Å². The molecule has 0 aliphatic heterocycles. The first-order valence-corrected chi connectivity index (χ1v) is 6.40. The fourth-order valence-electron chi connectivity index (χ4n) is 1.60. The van der Waals surface area contributed by atoms with E-state index in [1.54, 1.807) is 6.07 Å². The van der Waals surface area contributed by atoms with Gasteiger partial charge in [0.2, 0.25) is 0 Å². The molecule has 1 aromatic heterocycles. The molecule has 0 spiro atoms. The Morgan fingerprint density at radius 1 is 1.47 bits per heavy atom. The predicted molar refractivity (Wildman–Crippen MR) is 71.3 cm³/mol. The van der Waals surface area contributed by atoms with E-state index in [1.165, 1.54) is 23.5 Å². The average Bonchev–Trinajstić information content (AvgIpc) is 2.54. The summed E-state index contributed by atoms with van der Waals surface area (Å²) in [7, 11) is 0. The van der Waals surface area contributed by atoms with Gasteiger partial charge < -0.3 is 5.73 Å². The number of nitrogens with zero attached hydrogens (tertiary/aromatic N) is 1. The van der Waals surface area contributed by atoms with Gasteiger partial charge >= 0.3 is 0 Å². The molecule has 2 aromatic rings. The Labute approximate surface area is 111 Å². The normalized spacial score (nSPS) is 10.2. The van der Waals surface area contributed by atoms with Crippen LogP contribution in [0.2, 0.25) is 0 Å². The second-order valence-electron chi connectivity index (χ2n) is 3.56. The van der Waals surface area contributed by atoms with Crippen LogP contribution in [0.3, 0.4) is 0 Å². The summed E-state index contributed by atoms with van der Waals surface area (Å²) in [6, 6.07) is 6.57. The summed E-state index contributed by atoms with van der Waals surface area (Å²) in [5, 5.41) is 8.96. The summed E-state index contributed by atoms with van der Waals surface area (Å²) in [5.74, 6) is -0.277. The Hall–Kier alpha value is -1.38. The second-order valence-corrected chi connectivity index (χ2v) is 5.90. The van der Waals surface area contributed by atoms with E-state index in [1.807, 2.05) is 13.0 Å². The first kappa shape index (κ1) is 12.1. The summed E-state index contributed by atoms with van der Waals surface area (Å²) in [6.45, 7) is 1.82. The molecule has 0 atom stereocenters. The number of nitriles is 1. The van der Waals surface area contributed by atoms with Gasteiger partial charge in [-0.15, -0.1) is 11.3 Å². The monoisotopic (exact) mass is 310 g/mol. The molecule has 86 valence electrons. The van der Waals surface area contributed by atoms with E-state index < -0.39 is 0 Å². The zero-order chi connectivity index (χ0) is 12.6. The van der Waals surface area contributed by atoms with Crippen molar-refractivity contribution in [1.82, 2.24) is 0 Å². The molecule has 0 radical (unpaired) electrons. The third kappa shape index (κ3) is 2.06. The number of hydrogen-bond donors (Lipinski definition) is 1. The van der Waals surface area contributed by atoms with Gasteiger partial charge in [0, 0.05) is 0 Å². The zero-order valence-electron chi connectivity index (χ0n) is 8.92. The summed E-state index contributed by atoms with van der Waals surface area (Å²) in [6.07, 6.45) is 0. The van der Waals surface area contributed by atoms with Crippen molar-refractivity contribution in [2.45, 2.75) is 6.92 Å². The minimum Gasteiger partial charge on any atom is -0.396 e. The lowest BCUT2D eigenvalue weighted by Crippen LogP contribution is -1.90. The van der Waals surface area contributed by atoms with Crippen LogP contribution in [0.15, 0.2) is 22.0 Å². The van der Waals surface area contributed by atoms with Gasteiger partial charge in [-0.05, 0) is 46.1 Å². The fraction of sp³-hybridized carbons (Fsp3) is 0.0833. The number of rotatable bonds is 1. The lowest BCUT2D eigenvalue weighted by Gasteiger charge is -2.04. The molecule has 1 aromatic carbocycles. The SMILES string of the molecule is Cc1cc(F)ccc1-c1sc(Br)c(C#N)c1N. The molecule has 0 fully saturated rings. The number of nitrogen functional groups attached to an aromatic ring is 1. The number of aryl methyl sites for hydroxylation is 1. The van der Waals surface area contributed by atoms with E-state index in [4.69, 9.17) is 11.0 Å². The minimum atomic E-state index is -0.277. The van der Waals surface area contributed by atoms with Crippen molar-refractivity contribution < 1.29 is 4.39 Å². The van der Waals surface area contributed by atoms with E-state index in [2.05, 4.69) is 15.9 Å². The summed E-state index contributed by atoms with van der Waals surface area (Å²) in [4.78, 5) is 0.797. The topological polar surface area (TPSA) is 49.8 Å². The first-order valence-electron chi connectivity index (χ1n) is 4.79. The van der Waals surface area contributed by atoms with Gasteiger partial charge in [-0.1, -0.05) is 6.07 Å². The standard InChI is InChI=1S/C12H8BrFN2S/c1-6-4-7(14)2-3-8(6)11-10(16)9(5-15)12(13)17-11/h2-4H,16H2,1H3. The van der Waals surface area contributed by atoms with Crippen molar-refractivity contribution >= 4 is 33.0 Å². The molecule has 2 rings (SSSR count). The fourth-order valence-corrected chi connectivity index (χ4v) is 3.38. The Bertz CT molecular complexity index is 628. The molecule has 0 saturated carbocycles. The van der Waals surface area contributed by atoms with E-state index in [9.17, 15) is 4.39 Å². The Morgan fingerprint density at radius 3 is 2.71 bits per heavy atom. The van der Waals surface area contributed by atoms with Crippen molar-refractivity contribution in [2.24, 2.45) is 0 Å². The highest BCUT2D eigenvalue weighted by Crippen LogP contribution is 2.42. The van der Waals surface area contributed by atoms with Crippen LogP contribution in [0, 0.1) is 24.1 Å². The highest BCUT2D eigenvalue weighted by atomic mass is 79.9. The van der Waals surface area contributed by atoms with Crippen LogP contribution in [-0.4, -0.2) is 0 Å². The largest absolute Gasteiger partial charge is 0.396 e. The van der Waals surface area contributed by atoms with Crippen molar-refractivity contribution in [2.75, 3.05) is 5.73 Å². The van der Waals surface area contributed by atoms with Crippen LogP contribution in [0.4, 0.5) is 10.1 Å². The van der Waals surface area contributed by atoms with E-state index in [0.717, 1.165) is 16.0 Å². The number of benzene rings is 1. The Morgan fingerprint density at radius 2 is 2.18 bits per heavy atom. The van der Waals surface area contributed by atoms with Crippen molar-refractivity contribution in [3.05, 3.63) is 38.9 Å². The first-order chi connectivity index (χ1) is 8.04. The third-order valence-corrected chi connectivity index (χ3v) is 4.36. The van der Waals surface area contributed by atoms with Gasteiger partial charge in [0.15, 0.2) is 0 Å². The molecule has 0 bridgehead atoms. The van der Waals surface area contributed by atoms with E-state index >= 15 is 0 Å². The van der Waals surface area contributed by atoms with E-state index in [0.29, 0.717) is 15.0 Å². The maximum Gasteiger partial charge on any atom is 0.123 e. The molecule has 0 saturated heterocycles. The van der Waals surface area contributed by atoms with Gasteiger partial charge in [-0.25, -0.2) is 4.39 Å². The predicted octanol–water partition coefficient (Wildman–Crippen LogP) is 4.08. The van der Waals surface area contributed by atoms with E-state index in [-0.39, 0.29) is 5.82 Å². The molecule has 0 amide bonds. The molecule has 0 aliphatic rings. The molecular formula is C12H8BrFN2S. The second kappa shape index (κ2) is 4.47. The van der Waals surface area contributed by atoms with Crippen LogP contribution in [-0.2, 0) is 0 Å². The highest BCUT2D eigenvalue weighted by molar-refractivity contribution is 9.11. The molecule has 5 heteroatoms. The van der Waals surface area contributed by atoms with Gasteiger partial charge in [0.25, 0.3) is 0 Å². The van der Waals surface area contributed by atoms with Gasteiger partial charge in [-0.3, -0.25) is 0 Å². The smallest absolute Gasteiger partial charge is 0.123 e. The molecule has 2 N–H and O–H groups in total. The lowest BCUT2D eigenvalue weighted by atomic mass is 10.1. The van der Waals surface area contributed by atoms with Crippen molar-refractivity contribution in [3.63, 3.8) is 0 Å². The minimum absolute atomic E-state index is 0.277. The number of thiophene rings is 1. The number of hydrogen-bond acceptors (Lipinski definition) is 3. The van der Waals surface area contributed by atoms with Crippen LogP contribution in [0.5, 0.6) is 0 Å². The van der Waals surface area contributed by atoms with Gasteiger partial charge in [-0.2, -0.15) is 5.26 Å². The molecule has 2 nitrogen and oxygen atoms in total. The van der Waals surface area contributed by atoms with Gasteiger partial charge in [0.1, 0.15) is 17.4 Å². The van der Waals surface area contributed by atoms with Gasteiger partial charge in [0.05, 0.1) is 14.4 Å². The molecule has 0 aliphatic carbocycles. The summed E-state index contributed by atoms with van der Waals surface area (Å²) >= 11 is 4.69. The number of anilines is 1. The third-order valence-electron chi connectivity index (χ3n) is 2.45. The molecule has 0 unspecified atom stereocenters. The zero-order valence-corrected chi connectivity index (χ0v) is 11.3. The Balaban J connectivity index is 2.66. The highest BCUT2D eigenvalue weighted by Gasteiger charge is 2.16. The molecule has 1 heterocycles. The average molecular weight is 311 g/mol. The van der Waals surface area contributed by atoms with Crippen molar-refractivity contribution in [3.8, 4) is 16.5 Å². The number of nitrogens with two attached hydrogens (primary N) is 1. The van der Waals surface area contributed by atoms with Crippen LogP contribution in [0.1, 0.15) is 11.1 Å².